The number of esters is 2. The second-order valence-corrected chi connectivity index (χ2v) is 5.05. The fourth-order valence-electron chi connectivity index (χ4n) is 2.04. The molecular formula is C17H18O8. The lowest BCUT2D eigenvalue weighted by molar-refractivity contribution is -0.129. The monoisotopic (exact) mass is 350 g/mol. The first-order chi connectivity index (χ1) is 11.7. The van der Waals surface area contributed by atoms with Crippen molar-refractivity contribution < 1.29 is 38.9 Å². The van der Waals surface area contributed by atoms with Crippen molar-refractivity contribution in [1.29, 1.82) is 0 Å². The van der Waals surface area contributed by atoms with Crippen molar-refractivity contribution in [3.05, 3.63) is 41.0 Å². The van der Waals surface area contributed by atoms with Crippen LogP contribution in [0.1, 0.15) is 56.4 Å². The van der Waals surface area contributed by atoms with Crippen LogP contribution >= 0.6 is 0 Å². The zero-order chi connectivity index (χ0) is 19.1. The second-order valence-electron chi connectivity index (χ2n) is 5.05. The van der Waals surface area contributed by atoms with Gasteiger partial charge in [-0.2, -0.15) is 0 Å². The Balaban J connectivity index is 3.64. The van der Waals surface area contributed by atoms with Gasteiger partial charge >= 0.3 is 23.9 Å². The molecule has 25 heavy (non-hydrogen) atoms. The average molecular weight is 350 g/mol. The van der Waals surface area contributed by atoms with Crippen LogP contribution < -0.4 is 4.74 Å². The molecule has 0 fully saturated rings. The van der Waals surface area contributed by atoms with Crippen LogP contribution in [0.15, 0.2) is 18.7 Å². The number of rotatable bonds is 8. The van der Waals surface area contributed by atoms with Crippen molar-refractivity contribution in [2.24, 2.45) is 0 Å². The summed E-state index contributed by atoms with van der Waals surface area (Å²) in [6.07, 6.45) is 2.09. The molecule has 0 amide bonds. The third-order valence-electron chi connectivity index (χ3n) is 3.21. The van der Waals surface area contributed by atoms with E-state index in [4.69, 9.17) is 9.47 Å². The number of ether oxygens (including phenoxy) is 2. The van der Waals surface area contributed by atoms with Crippen LogP contribution in [0.3, 0.4) is 0 Å². The van der Waals surface area contributed by atoms with E-state index in [0.717, 1.165) is 18.6 Å². The topological polar surface area (TPSA) is 127 Å². The van der Waals surface area contributed by atoms with Crippen molar-refractivity contribution in [3.8, 4) is 5.75 Å². The third kappa shape index (κ3) is 4.66. The number of carbonyl (C=O) groups excluding carboxylic acids is 2. The normalized spacial score (nSPS) is 10.0. The molecule has 0 bridgehead atoms. The summed E-state index contributed by atoms with van der Waals surface area (Å²) in [7, 11) is 0. The van der Waals surface area contributed by atoms with Crippen molar-refractivity contribution in [2.45, 2.75) is 26.7 Å². The van der Waals surface area contributed by atoms with Crippen LogP contribution in [0, 0.1) is 6.92 Å². The summed E-state index contributed by atoms with van der Waals surface area (Å²) < 4.78 is 9.96. The molecule has 0 aliphatic rings. The summed E-state index contributed by atoms with van der Waals surface area (Å²) in [6, 6.07) is 1.01. The number of aromatic carboxylic acids is 2. The lowest BCUT2D eigenvalue weighted by Crippen LogP contribution is -2.20. The van der Waals surface area contributed by atoms with Gasteiger partial charge in [0, 0.05) is 6.08 Å². The summed E-state index contributed by atoms with van der Waals surface area (Å²) in [6.45, 7) is 6.48. The van der Waals surface area contributed by atoms with Gasteiger partial charge in [-0.15, -0.1) is 0 Å². The molecule has 0 radical (unpaired) electrons. The Labute approximate surface area is 143 Å². The number of hydrogen-bond donors (Lipinski definition) is 2. The minimum atomic E-state index is -1.66. The van der Waals surface area contributed by atoms with Crippen LogP contribution in [-0.4, -0.2) is 40.7 Å². The Hall–Kier alpha value is -3.16. The molecule has 0 unspecified atom stereocenters. The molecule has 0 spiro atoms. The van der Waals surface area contributed by atoms with Crippen molar-refractivity contribution in [2.75, 3.05) is 6.61 Å². The quantitative estimate of drug-likeness (QED) is 0.317. The Kier molecular flexibility index (Phi) is 6.86. The Morgan fingerprint density at radius 1 is 1.16 bits per heavy atom. The lowest BCUT2D eigenvalue weighted by Gasteiger charge is -2.16. The number of carbonyl (C=O) groups is 4. The SMILES string of the molecule is C=CC(=O)Oc1c(C)cc(C(=O)O)c(C(=O)O)c1C(=O)OCCCC. The molecule has 134 valence electrons. The molecule has 1 aromatic rings. The van der Waals surface area contributed by atoms with E-state index in [0.29, 0.717) is 6.42 Å². The van der Waals surface area contributed by atoms with E-state index in [1.165, 1.54) is 6.92 Å². The summed E-state index contributed by atoms with van der Waals surface area (Å²) in [5.41, 5.74) is -1.92. The van der Waals surface area contributed by atoms with E-state index in [2.05, 4.69) is 6.58 Å². The van der Waals surface area contributed by atoms with Crippen LogP contribution in [-0.2, 0) is 9.53 Å². The van der Waals surface area contributed by atoms with Gasteiger partial charge in [-0.3, -0.25) is 0 Å². The number of carboxylic acid groups (broad SMARTS) is 2. The number of aryl methyl sites for hydroxylation is 1. The number of carboxylic acids is 2. The fourth-order valence-corrected chi connectivity index (χ4v) is 2.04. The zero-order valence-corrected chi connectivity index (χ0v) is 13.8. The summed E-state index contributed by atoms with van der Waals surface area (Å²) >= 11 is 0. The van der Waals surface area contributed by atoms with Crippen molar-refractivity contribution in [3.63, 3.8) is 0 Å². The molecule has 0 saturated heterocycles. The minimum Gasteiger partial charge on any atom is -0.478 e. The lowest BCUT2D eigenvalue weighted by atomic mass is 9.96. The largest absolute Gasteiger partial charge is 0.478 e. The fraction of sp³-hybridized carbons (Fsp3) is 0.294. The molecule has 0 saturated carbocycles. The van der Waals surface area contributed by atoms with Crippen molar-refractivity contribution in [1.82, 2.24) is 0 Å². The zero-order valence-electron chi connectivity index (χ0n) is 13.8. The second kappa shape index (κ2) is 8.62. The predicted octanol–water partition coefficient (Wildman–Crippen LogP) is 2.44. The summed E-state index contributed by atoms with van der Waals surface area (Å²) in [5.74, 6) is -5.57. The maximum atomic E-state index is 12.4. The summed E-state index contributed by atoms with van der Waals surface area (Å²) in [4.78, 5) is 46.8. The van der Waals surface area contributed by atoms with E-state index in [1.54, 1.807) is 0 Å². The van der Waals surface area contributed by atoms with E-state index >= 15 is 0 Å². The molecule has 0 aliphatic heterocycles. The Bertz CT molecular complexity index is 733. The van der Waals surface area contributed by atoms with Crippen LogP contribution in [0.4, 0.5) is 0 Å². The van der Waals surface area contributed by atoms with Gasteiger partial charge in [-0.1, -0.05) is 19.9 Å². The molecule has 0 heterocycles. The molecule has 0 atom stereocenters. The van der Waals surface area contributed by atoms with Gasteiger partial charge in [0.05, 0.1) is 17.7 Å². The van der Waals surface area contributed by atoms with Crippen LogP contribution in [0.25, 0.3) is 0 Å². The molecule has 1 rings (SSSR count). The van der Waals surface area contributed by atoms with Crippen molar-refractivity contribution >= 4 is 23.9 Å². The molecule has 8 nitrogen and oxygen atoms in total. The molecule has 8 heteroatoms. The number of unbranched alkanes of at least 4 members (excludes halogenated alkanes) is 1. The van der Waals surface area contributed by atoms with Gasteiger partial charge < -0.3 is 19.7 Å². The molecule has 2 N–H and O–H groups in total. The van der Waals surface area contributed by atoms with E-state index < -0.39 is 40.6 Å². The molecular weight excluding hydrogens is 332 g/mol. The first kappa shape index (κ1) is 19.9. The molecule has 0 aliphatic carbocycles. The smallest absolute Gasteiger partial charge is 0.342 e. The van der Waals surface area contributed by atoms with E-state index in [9.17, 15) is 29.4 Å². The highest BCUT2D eigenvalue weighted by atomic mass is 16.5. The average Bonchev–Trinajstić information content (AvgIpc) is 2.55. The maximum Gasteiger partial charge on any atom is 0.342 e. The first-order valence-electron chi connectivity index (χ1n) is 7.40. The van der Waals surface area contributed by atoms with Crippen LogP contribution in [0.5, 0.6) is 5.75 Å². The van der Waals surface area contributed by atoms with E-state index in [-0.39, 0.29) is 17.9 Å². The van der Waals surface area contributed by atoms with Gasteiger partial charge in [0.25, 0.3) is 0 Å². The van der Waals surface area contributed by atoms with E-state index in [1.807, 2.05) is 6.92 Å². The predicted molar refractivity (Wildman–Crippen MR) is 86.1 cm³/mol. The first-order valence-corrected chi connectivity index (χ1v) is 7.40. The molecule has 1 aromatic carbocycles. The highest BCUT2D eigenvalue weighted by Gasteiger charge is 2.31. The Morgan fingerprint density at radius 3 is 2.28 bits per heavy atom. The van der Waals surface area contributed by atoms with Gasteiger partial charge in [0.15, 0.2) is 0 Å². The highest BCUT2D eigenvalue weighted by Crippen LogP contribution is 2.31. The molecule has 0 aromatic heterocycles. The minimum absolute atomic E-state index is 0.0135. The van der Waals surface area contributed by atoms with Gasteiger partial charge in [0.2, 0.25) is 0 Å². The van der Waals surface area contributed by atoms with Gasteiger partial charge in [0.1, 0.15) is 11.3 Å². The van der Waals surface area contributed by atoms with Gasteiger partial charge in [-0.05, 0) is 25.0 Å². The van der Waals surface area contributed by atoms with Gasteiger partial charge in [-0.25, -0.2) is 19.2 Å². The third-order valence-corrected chi connectivity index (χ3v) is 3.21. The maximum absolute atomic E-state index is 12.4. The highest BCUT2D eigenvalue weighted by molar-refractivity contribution is 6.11. The summed E-state index contributed by atoms with van der Waals surface area (Å²) in [5, 5.41) is 18.6. The Morgan fingerprint density at radius 2 is 1.80 bits per heavy atom. The number of hydrogen-bond acceptors (Lipinski definition) is 6. The standard InChI is InChI=1S/C17H18O8/c1-4-6-7-24-17(23)13-12(16(21)22)10(15(19)20)8-9(3)14(13)25-11(18)5-2/h5,8H,2,4,6-7H2,1,3H3,(H,19,20)(H,21,22). The number of benzene rings is 1. The van der Waals surface area contributed by atoms with Crippen LogP contribution in [0.2, 0.25) is 0 Å².